The van der Waals surface area contributed by atoms with Gasteiger partial charge in [-0.2, -0.15) is 0 Å². The number of hydrogen-bond donors (Lipinski definition) is 1. The maximum atomic E-state index is 13.1. The zero-order valence-electron chi connectivity index (χ0n) is 15.8. The van der Waals surface area contributed by atoms with Crippen LogP contribution in [0.15, 0.2) is 9.95 Å². The summed E-state index contributed by atoms with van der Waals surface area (Å²) in [6, 6.07) is 0. The van der Waals surface area contributed by atoms with Crippen LogP contribution in [0.5, 0.6) is 0 Å². The first-order valence-corrected chi connectivity index (χ1v) is 11.3. The van der Waals surface area contributed by atoms with Gasteiger partial charge in [0.25, 0.3) is 5.56 Å². The van der Waals surface area contributed by atoms with Crippen molar-refractivity contribution >= 4 is 39.2 Å². The second kappa shape index (κ2) is 8.57. The molecule has 0 saturated carbocycles. The zero-order valence-corrected chi connectivity index (χ0v) is 17.4. The molecule has 2 aromatic rings. The highest BCUT2D eigenvalue weighted by atomic mass is 32.2. The van der Waals surface area contributed by atoms with Crippen molar-refractivity contribution in [1.29, 1.82) is 0 Å². The minimum Gasteiger partial charge on any atom is -0.355 e. The molecule has 26 heavy (non-hydrogen) atoms. The van der Waals surface area contributed by atoms with Gasteiger partial charge in [0.15, 0.2) is 5.16 Å². The fraction of sp³-hybridized carbons (Fsp3) is 0.632. The number of nitrogens with zero attached hydrogens (tertiary/aromatic N) is 2. The fourth-order valence-electron chi connectivity index (χ4n) is 3.25. The molecule has 1 aliphatic rings. The van der Waals surface area contributed by atoms with Gasteiger partial charge < -0.3 is 5.32 Å². The summed E-state index contributed by atoms with van der Waals surface area (Å²) in [5.74, 6) is 0.708. The number of aromatic nitrogens is 2. The van der Waals surface area contributed by atoms with Crippen LogP contribution >= 0.6 is 23.1 Å². The average molecular weight is 394 g/mol. The Hall–Kier alpha value is -1.34. The minimum absolute atomic E-state index is 0.00781. The molecule has 0 unspecified atom stereocenters. The molecule has 7 heteroatoms. The number of hydrogen-bond acceptors (Lipinski definition) is 5. The van der Waals surface area contributed by atoms with Gasteiger partial charge in [-0.25, -0.2) is 4.98 Å². The van der Waals surface area contributed by atoms with E-state index in [4.69, 9.17) is 4.98 Å². The molecule has 2 aromatic heterocycles. The van der Waals surface area contributed by atoms with Gasteiger partial charge in [0.2, 0.25) is 5.91 Å². The normalized spacial score (nSPS) is 14.0. The van der Waals surface area contributed by atoms with E-state index in [-0.39, 0.29) is 11.5 Å². The van der Waals surface area contributed by atoms with Gasteiger partial charge in [0, 0.05) is 18.0 Å². The lowest BCUT2D eigenvalue weighted by Crippen LogP contribution is -2.29. The summed E-state index contributed by atoms with van der Waals surface area (Å²) in [5, 5.41) is 4.42. The second-order valence-electron chi connectivity index (χ2n) is 7.23. The third-order valence-corrected chi connectivity index (χ3v) is 6.69. The number of thioether (sulfide) groups is 1. The van der Waals surface area contributed by atoms with Gasteiger partial charge >= 0.3 is 0 Å². The van der Waals surface area contributed by atoms with E-state index < -0.39 is 0 Å². The van der Waals surface area contributed by atoms with E-state index in [1.807, 2.05) is 0 Å². The van der Waals surface area contributed by atoms with Gasteiger partial charge in [-0.3, -0.25) is 14.2 Å². The topological polar surface area (TPSA) is 64.0 Å². The van der Waals surface area contributed by atoms with Crippen LogP contribution < -0.4 is 10.9 Å². The Morgan fingerprint density at radius 2 is 2.12 bits per heavy atom. The Bertz CT molecular complexity index is 855. The highest BCUT2D eigenvalue weighted by molar-refractivity contribution is 7.99. The van der Waals surface area contributed by atoms with E-state index in [0.717, 1.165) is 35.9 Å². The summed E-state index contributed by atoms with van der Waals surface area (Å²) in [7, 11) is 0. The molecule has 0 saturated heterocycles. The van der Waals surface area contributed by atoms with Gasteiger partial charge in [-0.1, -0.05) is 32.5 Å². The molecule has 0 aromatic carbocycles. The Balaban J connectivity index is 1.90. The van der Waals surface area contributed by atoms with E-state index in [1.54, 1.807) is 15.9 Å². The number of rotatable bonds is 7. The van der Waals surface area contributed by atoms with Gasteiger partial charge in [0.05, 0.1) is 11.1 Å². The van der Waals surface area contributed by atoms with Crippen molar-refractivity contribution in [3.63, 3.8) is 0 Å². The van der Waals surface area contributed by atoms with E-state index in [2.05, 4.69) is 26.1 Å². The van der Waals surface area contributed by atoms with E-state index in [0.29, 0.717) is 29.9 Å². The molecule has 3 rings (SSSR count). The van der Waals surface area contributed by atoms with E-state index in [9.17, 15) is 9.59 Å². The second-order valence-corrected chi connectivity index (χ2v) is 9.25. The first kappa shape index (κ1) is 19.4. The number of fused-ring (bicyclic) bond motifs is 3. The predicted molar refractivity (Wildman–Crippen MR) is 109 cm³/mol. The molecule has 5 nitrogen and oxygen atoms in total. The molecular formula is C19H27N3O2S2. The Morgan fingerprint density at radius 1 is 1.35 bits per heavy atom. The summed E-state index contributed by atoms with van der Waals surface area (Å²) < 4.78 is 1.77. The van der Waals surface area contributed by atoms with Crippen LogP contribution in [0.25, 0.3) is 10.2 Å². The van der Waals surface area contributed by atoms with E-state index in [1.165, 1.54) is 28.6 Å². The number of thiophene rings is 1. The van der Waals surface area contributed by atoms with Crippen LogP contribution in [0.1, 0.15) is 50.5 Å². The largest absolute Gasteiger partial charge is 0.355 e. The minimum atomic E-state index is -0.00781. The summed E-state index contributed by atoms with van der Waals surface area (Å²) in [6.45, 7) is 7.51. The first-order valence-electron chi connectivity index (χ1n) is 9.45. The van der Waals surface area contributed by atoms with Crippen molar-refractivity contribution in [1.82, 2.24) is 14.9 Å². The summed E-state index contributed by atoms with van der Waals surface area (Å²) in [5.41, 5.74) is 1.30. The monoisotopic (exact) mass is 393 g/mol. The van der Waals surface area contributed by atoms with Crippen molar-refractivity contribution in [3.05, 3.63) is 20.8 Å². The van der Waals surface area contributed by atoms with Crippen LogP contribution in [0.3, 0.4) is 0 Å². The maximum Gasteiger partial charge on any atom is 0.263 e. The number of amides is 1. The van der Waals surface area contributed by atoms with Gasteiger partial charge in [0.1, 0.15) is 4.83 Å². The molecule has 0 spiro atoms. The highest BCUT2D eigenvalue weighted by Gasteiger charge is 2.22. The quantitative estimate of drug-likeness (QED) is 0.576. The maximum absolute atomic E-state index is 13.1. The summed E-state index contributed by atoms with van der Waals surface area (Å²) >= 11 is 3.03. The third kappa shape index (κ3) is 4.14. The van der Waals surface area contributed by atoms with E-state index >= 15 is 0 Å². The number of carbonyl (C=O) groups is 1. The lowest BCUT2D eigenvalue weighted by Gasteiger charge is -2.13. The molecule has 0 aliphatic heterocycles. The third-order valence-electron chi connectivity index (χ3n) is 4.53. The lowest BCUT2D eigenvalue weighted by atomic mass is 9.97. The summed E-state index contributed by atoms with van der Waals surface area (Å²) in [6.07, 6.45) is 5.26. The van der Waals surface area contributed by atoms with Crippen molar-refractivity contribution in [2.24, 2.45) is 5.92 Å². The van der Waals surface area contributed by atoms with Crippen molar-refractivity contribution in [2.75, 3.05) is 12.3 Å². The molecule has 2 heterocycles. The van der Waals surface area contributed by atoms with Crippen molar-refractivity contribution < 1.29 is 4.79 Å². The Kier molecular flexibility index (Phi) is 6.40. The van der Waals surface area contributed by atoms with Crippen LogP contribution in [0.4, 0.5) is 0 Å². The molecule has 0 bridgehead atoms. The molecule has 142 valence electrons. The molecule has 0 radical (unpaired) electrons. The van der Waals surface area contributed by atoms with Crippen LogP contribution in [0, 0.1) is 5.92 Å². The standard InChI is InChI=1S/C19H27N3O2S2/c1-4-9-22-18(24)16-13-7-5-6-8-14(13)26-17(16)21-19(22)25-11-15(23)20-10-12(2)3/h12H,4-11H2,1-3H3,(H,20,23). The van der Waals surface area contributed by atoms with Gasteiger partial charge in [-0.15, -0.1) is 11.3 Å². The summed E-state index contributed by atoms with van der Waals surface area (Å²) in [4.78, 5) is 32.2. The molecule has 1 amide bonds. The van der Waals surface area contributed by atoms with Gasteiger partial charge in [-0.05, 0) is 43.6 Å². The molecular weight excluding hydrogens is 366 g/mol. The van der Waals surface area contributed by atoms with Crippen molar-refractivity contribution in [3.8, 4) is 0 Å². The van der Waals surface area contributed by atoms with Crippen LogP contribution in [-0.2, 0) is 24.2 Å². The highest BCUT2D eigenvalue weighted by Crippen LogP contribution is 2.34. The molecule has 0 fully saturated rings. The number of nitrogens with one attached hydrogen (secondary N) is 1. The Labute approximate surface area is 162 Å². The smallest absolute Gasteiger partial charge is 0.263 e. The zero-order chi connectivity index (χ0) is 18.7. The van der Waals surface area contributed by atoms with Crippen molar-refractivity contribution in [2.45, 2.75) is 64.6 Å². The van der Waals surface area contributed by atoms with Crippen LogP contribution in [-0.4, -0.2) is 27.8 Å². The predicted octanol–water partition coefficient (Wildman–Crippen LogP) is 3.61. The first-order chi connectivity index (χ1) is 12.5. The molecule has 0 atom stereocenters. The SMILES string of the molecule is CCCn1c(SCC(=O)NCC(C)C)nc2sc3c(c2c1=O)CCCC3. The number of aryl methyl sites for hydroxylation is 2. The molecule has 1 aliphatic carbocycles. The lowest BCUT2D eigenvalue weighted by molar-refractivity contribution is -0.118. The Morgan fingerprint density at radius 3 is 2.85 bits per heavy atom. The van der Waals surface area contributed by atoms with Crippen LogP contribution in [0.2, 0.25) is 0 Å². The fourth-order valence-corrected chi connectivity index (χ4v) is 5.41. The molecule has 1 N–H and O–H groups in total. The number of carbonyl (C=O) groups excluding carboxylic acids is 1. The average Bonchev–Trinajstić information content (AvgIpc) is 2.99.